The highest BCUT2D eigenvalue weighted by atomic mass is 32.1. The minimum atomic E-state index is -0.328. The van der Waals surface area contributed by atoms with E-state index in [0.29, 0.717) is 13.1 Å². The molecule has 0 aromatic carbocycles. The second-order valence-corrected chi connectivity index (χ2v) is 5.14. The topological polar surface area (TPSA) is 68.4 Å². The Kier molecular flexibility index (Phi) is 2.68. The highest BCUT2D eigenvalue weighted by Crippen LogP contribution is 2.34. The molecule has 0 saturated carbocycles. The van der Waals surface area contributed by atoms with E-state index in [0.717, 1.165) is 21.6 Å². The zero-order valence-electron chi connectivity index (χ0n) is 9.92. The second kappa shape index (κ2) is 4.22. The van der Waals surface area contributed by atoms with Gasteiger partial charge in [0.05, 0.1) is 12.2 Å². The maximum absolute atomic E-state index is 11.8. The lowest BCUT2D eigenvalue weighted by Gasteiger charge is -2.11. The molecule has 1 aliphatic heterocycles. The average molecular weight is 263 g/mol. The van der Waals surface area contributed by atoms with E-state index < -0.39 is 0 Å². The number of carbonyl (C=O) groups excluding carboxylic acids is 1. The van der Waals surface area contributed by atoms with Crippen molar-refractivity contribution in [3.05, 3.63) is 23.2 Å². The molecule has 0 aliphatic carbocycles. The van der Waals surface area contributed by atoms with Gasteiger partial charge in [-0.05, 0) is 19.1 Å². The van der Waals surface area contributed by atoms with Crippen molar-refractivity contribution in [2.24, 2.45) is 5.73 Å². The Morgan fingerprint density at radius 3 is 3.17 bits per heavy atom. The summed E-state index contributed by atoms with van der Waals surface area (Å²) in [6.07, 6.45) is -0.545. The first-order valence-electron chi connectivity index (χ1n) is 5.72. The number of nitrogens with two attached hydrogens (primary N) is 1. The number of rotatable bonds is 2. The van der Waals surface area contributed by atoms with E-state index in [2.05, 4.69) is 4.98 Å². The molecule has 18 heavy (non-hydrogen) atoms. The van der Waals surface area contributed by atoms with E-state index in [-0.39, 0.29) is 12.2 Å². The van der Waals surface area contributed by atoms with Crippen LogP contribution in [0.15, 0.2) is 17.5 Å². The number of pyridine rings is 1. The lowest BCUT2D eigenvalue weighted by atomic mass is 10.2. The van der Waals surface area contributed by atoms with Gasteiger partial charge in [-0.1, -0.05) is 0 Å². The van der Waals surface area contributed by atoms with Gasteiger partial charge in [0.2, 0.25) is 0 Å². The van der Waals surface area contributed by atoms with E-state index in [9.17, 15) is 4.79 Å². The molecule has 3 heterocycles. The van der Waals surface area contributed by atoms with Crippen molar-refractivity contribution in [3.63, 3.8) is 0 Å². The average Bonchev–Trinajstić information content (AvgIpc) is 2.91. The van der Waals surface area contributed by atoms with Crippen molar-refractivity contribution in [1.29, 1.82) is 0 Å². The molecule has 0 unspecified atom stereocenters. The van der Waals surface area contributed by atoms with Crippen LogP contribution in [-0.2, 0) is 4.74 Å². The molecule has 3 rings (SSSR count). The molecule has 5 nitrogen and oxygen atoms in total. The third-order valence-corrected chi connectivity index (χ3v) is 3.86. The highest BCUT2D eigenvalue weighted by molar-refractivity contribution is 7.17. The van der Waals surface area contributed by atoms with Gasteiger partial charge in [-0.25, -0.2) is 9.78 Å². The molecule has 2 N–H and O–H groups in total. The number of cyclic esters (lactones) is 1. The molecule has 6 heteroatoms. The molecule has 0 bridgehead atoms. The predicted molar refractivity (Wildman–Crippen MR) is 71.0 cm³/mol. The number of anilines is 1. The van der Waals surface area contributed by atoms with Crippen molar-refractivity contribution in [3.8, 4) is 0 Å². The number of amides is 1. The summed E-state index contributed by atoms with van der Waals surface area (Å²) in [6, 6.07) is 3.94. The number of carbonyl (C=O) groups is 1. The largest absolute Gasteiger partial charge is 0.443 e. The Hall–Kier alpha value is -1.66. The Morgan fingerprint density at radius 1 is 1.61 bits per heavy atom. The summed E-state index contributed by atoms with van der Waals surface area (Å²) in [7, 11) is 0. The van der Waals surface area contributed by atoms with Crippen LogP contribution in [0.3, 0.4) is 0 Å². The zero-order chi connectivity index (χ0) is 12.7. The molecule has 1 aliphatic rings. The van der Waals surface area contributed by atoms with Crippen LogP contribution in [0.2, 0.25) is 0 Å². The van der Waals surface area contributed by atoms with Crippen LogP contribution in [-0.4, -0.2) is 30.3 Å². The Balaban J connectivity index is 2.02. The van der Waals surface area contributed by atoms with E-state index in [4.69, 9.17) is 10.5 Å². The SMILES string of the molecule is Cc1ccc2c(N3C[C@H](CN)OC3=O)csc2n1. The predicted octanol–water partition coefficient (Wildman–Crippen LogP) is 1.89. The Morgan fingerprint density at radius 2 is 2.44 bits per heavy atom. The lowest BCUT2D eigenvalue weighted by molar-refractivity contribution is 0.145. The van der Waals surface area contributed by atoms with E-state index in [1.54, 1.807) is 4.90 Å². The number of ether oxygens (including phenoxy) is 1. The van der Waals surface area contributed by atoms with E-state index >= 15 is 0 Å². The first-order chi connectivity index (χ1) is 8.69. The maximum atomic E-state index is 11.8. The van der Waals surface area contributed by atoms with Gasteiger partial charge in [-0.15, -0.1) is 11.3 Å². The van der Waals surface area contributed by atoms with Gasteiger partial charge >= 0.3 is 6.09 Å². The van der Waals surface area contributed by atoms with Gasteiger partial charge in [0.1, 0.15) is 10.9 Å². The number of aromatic nitrogens is 1. The second-order valence-electron chi connectivity index (χ2n) is 4.28. The standard InChI is InChI=1S/C12H13N3O2S/c1-7-2-3-9-10(6-18-11(9)14-7)15-5-8(4-13)17-12(15)16/h2-3,6,8H,4-5,13H2,1H3/t8-/m0/s1. The number of nitrogens with zero attached hydrogens (tertiary/aromatic N) is 2. The summed E-state index contributed by atoms with van der Waals surface area (Å²) in [5.41, 5.74) is 7.37. The summed E-state index contributed by atoms with van der Waals surface area (Å²) in [5, 5.41) is 2.93. The van der Waals surface area contributed by atoms with Crippen LogP contribution >= 0.6 is 11.3 Å². The molecular formula is C12H13N3O2S. The quantitative estimate of drug-likeness (QED) is 0.898. The molecule has 1 saturated heterocycles. The first-order valence-corrected chi connectivity index (χ1v) is 6.60. The maximum Gasteiger partial charge on any atom is 0.414 e. The minimum Gasteiger partial charge on any atom is -0.443 e. The highest BCUT2D eigenvalue weighted by Gasteiger charge is 2.32. The first kappa shape index (κ1) is 11.4. The molecule has 94 valence electrons. The van der Waals surface area contributed by atoms with Crippen LogP contribution in [0.25, 0.3) is 10.2 Å². The third-order valence-electron chi connectivity index (χ3n) is 2.99. The summed E-state index contributed by atoms with van der Waals surface area (Å²) in [6.45, 7) is 2.81. The van der Waals surface area contributed by atoms with E-state index in [1.807, 2.05) is 24.4 Å². The molecule has 1 fully saturated rings. The van der Waals surface area contributed by atoms with Crippen LogP contribution in [0.1, 0.15) is 5.69 Å². The molecule has 1 amide bonds. The van der Waals surface area contributed by atoms with Gasteiger partial charge < -0.3 is 10.5 Å². The van der Waals surface area contributed by atoms with Crippen molar-refractivity contribution in [2.75, 3.05) is 18.0 Å². The van der Waals surface area contributed by atoms with E-state index in [1.165, 1.54) is 11.3 Å². The van der Waals surface area contributed by atoms with Crippen molar-refractivity contribution in [2.45, 2.75) is 13.0 Å². The van der Waals surface area contributed by atoms with Crippen LogP contribution in [0, 0.1) is 6.92 Å². The number of fused-ring (bicyclic) bond motifs is 1. The normalized spacial score (nSPS) is 19.6. The number of aryl methyl sites for hydroxylation is 1. The van der Waals surface area contributed by atoms with Gasteiger partial charge in [-0.3, -0.25) is 4.90 Å². The van der Waals surface area contributed by atoms with Crippen LogP contribution in [0.4, 0.5) is 10.5 Å². The Labute approximate surface area is 108 Å². The van der Waals surface area contributed by atoms with Crippen molar-refractivity contribution < 1.29 is 9.53 Å². The summed E-state index contributed by atoms with van der Waals surface area (Å²) in [4.78, 5) is 18.8. The smallest absolute Gasteiger partial charge is 0.414 e. The summed E-state index contributed by atoms with van der Waals surface area (Å²) in [5.74, 6) is 0. The Bertz CT molecular complexity index is 610. The van der Waals surface area contributed by atoms with Crippen LogP contribution < -0.4 is 10.6 Å². The summed E-state index contributed by atoms with van der Waals surface area (Å²) < 4.78 is 5.17. The number of thiophene rings is 1. The lowest BCUT2D eigenvalue weighted by Crippen LogP contribution is -2.27. The number of hydrogen-bond donors (Lipinski definition) is 1. The van der Waals surface area contributed by atoms with Crippen LogP contribution in [0.5, 0.6) is 0 Å². The fourth-order valence-corrected chi connectivity index (χ4v) is 3.02. The van der Waals surface area contributed by atoms with Gasteiger partial charge in [0.25, 0.3) is 0 Å². The zero-order valence-corrected chi connectivity index (χ0v) is 10.7. The molecule has 0 radical (unpaired) electrons. The third kappa shape index (κ3) is 1.74. The monoisotopic (exact) mass is 263 g/mol. The van der Waals surface area contributed by atoms with Crippen molar-refractivity contribution >= 4 is 33.3 Å². The minimum absolute atomic E-state index is 0.217. The number of hydrogen-bond acceptors (Lipinski definition) is 5. The molecule has 2 aromatic rings. The van der Waals surface area contributed by atoms with Gasteiger partial charge in [-0.2, -0.15) is 0 Å². The molecule has 0 spiro atoms. The fraction of sp³-hybridized carbons (Fsp3) is 0.333. The molecule has 1 atom stereocenters. The van der Waals surface area contributed by atoms with Gasteiger partial charge in [0, 0.05) is 23.0 Å². The molecule has 2 aromatic heterocycles. The van der Waals surface area contributed by atoms with Crippen molar-refractivity contribution in [1.82, 2.24) is 4.98 Å². The summed E-state index contributed by atoms with van der Waals surface area (Å²) >= 11 is 1.53. The fourth-order valence-electron chi connectivity index (χ4n) is 2.04. The molecular weight excluding hydrogens is 250 g/mol. The van der Waals surface area contributed by atoms with Gasteiger partial charge in [0.15, 0.2) is 0 Å².